The number of non-ortho nitro benzene ring substituents is 1. The van der Waals surface area contributed by atoms with Gasteiger partial charge >= 0.3 is 0 Å². The zero-order valence-electron chi connectivity index (χ0n) is 14.4. The van der Waals surface area contributed by atoms with E-state index in [1.165, 1.54) is 12.1 Å². The Kier molecular flexibility index (Phi) is 5.59. The fraction of sp³-hybridized carbons (Fsp3) is 0.278. The van der Waals surface area contributed by atoms with Gasteiger partial charge in [-0.15, -0.1) is 12.4 Å². The zero-order chi connectivity index (χ0) is 18.1. The van der Waals surface area contributed by atoms with Gasteiger partial charge in [-0.05, 0) is 17.7 Å². The van der Waals surface area contributed by atoms with E-state index in [4.69, 9.17) is 4.74 Å². The van der Waals surface area contributed by atoms with E-state index in [0.29, 0.717) is 22.2 Å². The minimum Gasteiger partial charge on any atom is -0.494 e. The molecule has 2 N–H and O–H groups in total. The lowest BCUT2D eigenvalue weighted by Gasteiger charge is -2.26. The highest BCUT2D eigenvalue weighted by atomic mass is 35.5. The van der Waals surface area contributed by atoms with E-state index in [1.807, 2.05) is 12.1 Å². The standard InChI is InChI=1S/C18H18N4O4.ClH/c23-18-17(14-9-13(22(24)25)2-4-15(14)20-18)16-3-1-12(10-19-16)11-21-5-7-26-8-6-21;/h1-4,9-10,20,23H,5-8,11H2;1H. The van der Waals surface area contributed by atoms with Crippen LogP contribution in [0.2, 0.25) is 0 Å². The second kappa shape index (κ2) is 7.91. The van der Waals surface area contributed by atoms with Crippen molar-refractivity contribution in [2.45, 2.75) is 6.54 Å². The van der Waals surface area contributed by atoms with Gasteiger partial charge in [0, 0.05) is 48.9 Å². The number of hydrogen-bond donors (Lipinski definition) is 2. The third kappa shape index (κ3) is 3.87. The molecule has 1 fully saturated rings. The van der Waals surface area contributed by atoms with Crippen LogP contribution in [0.1, 0.15) is 5.56 Å². The average Bonchev–Trinajstić information content (AvgIpc) is 2.98. The Hall–Kier alpha value is -2.68. The van der Waals surface area contributed by atoms with Gasteiger partial charge in [0.05, 0.1) is 29.4 Å². The molecule has 0 atom stereocenters. The lowest BCUT2D eigenvalue weighted by Crippen LogP contribution is -2.35. The van der Waals surface area contributed by atoms with Gasteiger partial charge in [0.25, 0.3) is 5.69 Å². The van der Waals surface area contributed by atoms with E-state index in [0.717, 1.165) is 38.4 Å². The van der Waals surface area contributed by atoms with Crippen molar-refractivity contribution in [3.05, 3.63) is 52.2 Å². The third-order valence-electron chi connectivity index (χ3n) is 4.56. The minimum absolute atomic E-state index is 0. The summed E-state index contributed by atoms with van der Waals surface area (Å²) in [4.78, 5) is 20.2. The summed E-state index contributed by atoms with van der Waals surface area (Å²) < 4.78 is 5.35. The fourth-order valence-electron chi connectivity index (χ4n) is 3.22. The first kappa shape index (κ1) is 19.1. The molecular formula is C18H19ClN4O4. The predicted octanol–water partition coefficient (Wildman–Crippen LogP) is 3.10. The van der Waals surface area contributed by atoms with Crippen LogP contribution in [0.25, 0.3) is 22.2 Å². The summed E-state index contributed by atoms with van der Waals surface area (Å²) in [5.74, 6) is -0.0473. The van der Waals surface area contributed by atoms with E-state index < -0.39 is 4.92 Å². The Morgan fingerprint density at radius 1 is 1.26 bits per heavy atom. The molecule has 0 saturated carbocycles. The molecule has 0 unspecified atom stereocenters. The number of ether oxygens (including phenoxy) is 1. The van der Waals surface area contributed by atoms with Gasteiger partial charge < -0.3 is 14.8 Å². The van der Waals surface area contributed by atoms with Crippen molar-refractivity contribution in [2.75, 3.05) is 26.3 Å². The van der Waals surface area contributed by atoms with Crippen molar-refractivity contribution in [3.63, 3.8) is 0 Å². The first-order chi connectivity index (χ1) is 12.6. The molecule has 3 heterocycles. The molecule has 27 heavy (non-hydrogen) atoms. The Bertz CT molecular complexity index is 952. The highest BCUT2D eigenvalue weighted by Gasteiger charge is 2.18. The average molecular weight is 391 g/mol. The molecule has 2 aromatic heterocycles. The molecule has 1 aliphatic heterocycles. The number of fused-ring (bicyclic) bond motifs is 1. The van der Waals surface area contributed by atoms with Gasteiger partial charge in [-0.2, -0.15) is 0 Å². The molecule has 3 aromatic rings. The number of aromatic nitrogens is 2. The van der Waals surface area contributed by atoms with Gasteiger partial charge in [-0.3, -0.25) is 20.0 Å². The number of morpholine rings is 1. The normalized spacial score (nSPS) is 14.8. The van der Waals surface area contributed by atoms with Crippen LogP contribution in [0.15, 0.2) is 36.5 Å². The molecule has 0 amide bonds. The summed E-state index contributed by atoms with van der Waals surface area (Å²) >= 11 is 0. The summed E-state index contributed by atoms with van der Waals surface area (Å²) in [5, 5.41) is 21.9. The van der Waals surface area contributed by atoms with Crippen molar-refractivity contribution in [3.8, 4) is 17.1 Å². The summed E-state index contributed by atoms with van der Waals surface area (Å²) in [6.45, 7) is 4.08. The van der Waals surface area contributed by atoms with Crippen molar-refractivity contribution in [1.82, 2.24) is 14.9 Å². The molecule has 9 heteroatoms. The number of nitrogens with zero attached hydrogens (tertiary/aromatic N) is 3. The molecule has 1 saturated heterocycles. The van der Waals surface area contributed by atoms with E-state index in [2.05, 4.69) is 14.9 Å². The van der Waals surface area contributed by atoms with E-state index in [1.54, 1.807) is 12.3 Å². The summed E-state index contributed by atoms with van der Waals surface area (Å²) in [6, 6.07) is 8.24. The van der Waals surface area contributed by atoms with Gasteiger partial charge in [0.15, 0.2) is 5.88 Å². The van der Waals surface area contributed by atoms with Gasteiger partial charge in [-0.1, -0.05) is 6.07 Å². The molecule has 1 aliphatic rings. The number of aromatic amines is 1. The lowest BCUT2D eigenvalue weighted by atomic mass is 10.1. The van der Waals surface area contributed by atoms with Crippen LogP contribution in [0.4, 0.5) is 5.69 Å². The first-order valence-corrected chi connectivity index (χ1v) is 8.36. The van der Waals surface area contributed by atoms with E-state index >= 15 is 0 Å². The minimum atomic E-state index is -0.452. The van der Waals surface area contributed by atoms with Crippen LogP contribution >= 0.6 is 12.4 Å². The Morgan fingerprint density at radius 3 is 2.70 bits per heavy atom. The van der Waals surface area contributed by atoms with Gasteiger partial charge in [-0.25, -0.2) is 0 Å². The smallest absolute Gasteiger partial charge is 0.270 e. The number of nitro groups is 1. The van der Waals surface area contributed by atoms with Crippen molar-refractivity contribution >= 4 is 29.0 Å². The second-order valence-electron chi connectivity index (χ2n) is 6.28. The predicted molar refractivity (Wildman–Crippen MR) is 103 cm³/mol. The highest BCUT2D eigenvalue weighted by Crippen LogP contribution is 2.37. The van der Waals surface area contributed by atoms with Crippen LogP contribution in [-0.2, 0) is 11.3 Å². The molecule has 8 nitrogen and oxygen atoms in total. The number of rotatable bonds is 4. The molecule has 1 aromatic carbocycles. The second-order valence-corrected chi connectivity index (χ2v) is 6.28. The number of hydrogen-bond acceptors (Lipinski definition) is 6. The fourth-order valence-corrected chi connectivity index (χ4v) is 3.22. The number of nitro benzene ring substituents is 1. The lowest BCUT2D eigenvalue weighted by molar-refractivity contribution is -0.384. The van der Waals surface area contributed by atoms with Crippen LogP contribution in [0.3, 0.4) is 0 Å². The maximum absolute atomic E-state index is 11.0. The number of nitrogens with one attached hydrogen (secondary N) is 1. The topological polar surface area (TPSA) is 105 Å². The van der Waals surface area contributed by atoms with Crippen LogP contribution < -0.4 is 0 Å². The third-order valence-corrected chi connectivity index (χ3v) is 4.56. The SMILES string of the molecule is Cl.O=[N+]([O-])c1ccc2[nH]c(O)c(-c3ccc(CN4CCOCC4)cn3)c2c1. The number of pyridine rings is 1. The molecule has 0 aliphatic carbocycles. The Morgan fingerprint density at radius 2 is 2.04 bits per heavy atom. The zero-order valence-corrected chi connectivity index (χ0v) is 15.2. The molecule has 4 rings (SSSR count). The van der Waals surface area contributed by atoms with E-state index in [9.17, 15) is 15.2 Å². The summed E-state index contributed by atoms with van der Waals surface area (Å²) in [7, 11) is 0. The maximum atomic E-state index is 11.0. The van der Waals surface area contributed by atoms with Crippen LogP contribution in [-0.4, -0.2) is 51.2 Å². The Balaban J connectivity index is 0.00000210. The number of halogens is 1. The summed E-state index contributed by atoms with van der Waals surface area (Å²) in [5.41, 5.74) is 2.71. The molecule has 0 radical (unpaired) electrons. The van der Waals surface area contributed by atoms with E-state index in [-0.39, 0.29) is 24.0 Å². The maximum Gasteiger partial charge on any atom is 0.270 e. The Labute approximate surface area is 161 Å². The number of H-pyrrole nitrogens is 1. The molecule has 142 valence electrons. The largest absolute Gasteiger partial charge is 0.494 e. The molecule has 0 spiro atoms. The monoisotopic (exact) mass is 390 g/mol. The molecule has 0 bridgehead atoms. The first-order valence-electron chi connectivity index (χ1n) is 8.36. The van der Waals surface area contributed by atoms with Crippen molar-refractivity contribution < 1.29 is 14.8 Å². The summed E-state index contributed by atoms with van der Waals surface area (Å²) in [6.07, 6.45) is 1.78. The van der Waals surface area contributed by atoms with Crippen LogP contribution in [0, 0.1) is 10.1 Å². The van der Waals surface area contributed by atoms with Crippen molar-refractivity contribution in [2.24, 2.45) is 0 Å². The van der Waals surface area contributed by atoms with Gasteiger partial charge in [0.2, 0.25) is 0 Å². The van der Waals surface area contributed by atoms with Crippen LogP contribution in [0.5, 0.6) is 5.88 Å². The van der Waals surface area contributed by atoms with Gasteiger partial charge in [0.1, 0.15) is 0 Å². The number of aromatic hydroxyl groups is 1. The van der Waals surface area contributed by atoms with Crippen molar-refractivity contribution in [1.29, 1.82) is 0 Å². The quantitative estimate of drug-likeness (QED) is 0.524. The highest BCUT2D eigenvalue weighted by molar-refractivity contribution is 5.99. The number of benzene rings is 1. The molecular weight excluding hydrogens is 372 g/mol.